The maximum atomic E-state index is 13.0. The minimum absolute atomic E-state index is 0.135. The van der Waals surface area contributed by atoms with Gasteiger partial charge in [0.1, 0.15) is 11.6 Å². The number of hydrogen-bond donors (Lipinski definition) is 0. The quantitative estimate of drug-likeness (QED) is 0.860. The number of thioether (sulfide) groups is 1. The Morgan fingerprint density at radius 2 is 1.95 bits per heavy atom. The molecule has 1 fully saturated rings. The third-order valence-electron chi connectivity index (χ3n) is 3.61. The lowest BCUT2D eigenvalue weighted by Crippen LogP contribution is -2.33. The first-order valence-electron chi connectivity index (χ1n) is 6.98. The van der Waals surface area contributed by atoms with Crippen LogP contribution < -0.4 is 0 Å². The third kappa shape index (κ3) is 3.21. The summed E-state index contributed by atoms with van der Waals surface area (Å²) in [5.74, 6) is 1.14. The van der Waals surface area contributed by atoms with E-state index in [1.54, 1.807) is 18.0 Å². The number of furan rings is 1. The second-order valence-corrected chi connectivity index (χ2v) is 8.27. The van der Waals surface area contributed by atoms with Crippen molar-refractivity contribution >= 4 is 21.8 Å². The van der Waals surface area contributed by atoms with Crippen LogP contribution in [0.1, 0.15) is 17.4 Å². The lowest BCUT2D eigenvalue weighted by atomic mass is 10.2. The Kier molecular flexibility index (Phi) is 4.56. The molecule has 4 nitrogen and oxygen atoms in total. The van der Waals surface area contributed by atoms with E-state index in [4.69, 9.17) is 4.42 Å². The van der Waals surface area contributed by atoms with Crippen LogP contribution in [0.2, 0.25) is 0 Å². The molecule has 2 heterocycles. The number of nitrogens with zero attached hydrogens (tertiary/aromatic N) is 1. The summed E-state index contributed by atoms with van der Waals surface area (Å²) in [6.07, 6.45) is 2.33. The SMILES string of the molecule is O=S(=O)(c1ccc(F)cc1)N1CCSC(c2ccco2)CC1. The van der Waals surface area contributed by atoms with Crippen LogP contribution in [0.4, 0.5) is 4.39 Å². The molecule has 0 amide bonds. The van der Waals surface area contributed by atoms with E-state index in [9.17, 15) is 12.8 Å². The van der Waals surface area contributed by atoms with Crippen molar-refractivity contribution in [2.45, 2.75) is 16.6 Å². The maximum Gasteiger partial charge on any atom is 0.243 e. The van der Waals surface area contributed by atoms with Gasteiger partial charge in [-0.1, -0.05) is 0 Å². The Morgan fingerprint density at radius 1 is 1.18 bits per heavy atom. The average molecular weight is 341 g/mol. The van der Waals surface area contributed by atoms with Gasteiger partial charge in [0, 0.05) is 18.8 Å². The van der Waals surface area contributed by atoms with Gasteiger partial charge >= 0.3 is 0 Å². The van der Waals surface area contributed by atoms with Crippen LogP contribution in [-0.2, 0) is 10.0 Å². The summed E-state index contributed by atoms with van der Waals surface area (Å²) in [5.41, 5.74) is 0. The van der Waals surface area contributed by atoms with Crippen LogP contribution in [0.5, 0.6) is 0 Å². The van der Waals surface area contributed by atoms with Crippen molar-refractivity contribution in [3.8, 4) is 0 Å². The number of rotatable bonds is 3. The molecular formula is C15H16FNO3S2. The molecule has 1 saturated heterocycles. The van der Waals surface area contributed by atoms with Crippen molar-refractivity contribution in [2.24, 2.45) is 0 Å². The molecule has 0 radical (unpaired) electrons. The first-order valence-corrected chi connectivity index (χ1v) is 9.47. The van der Waals surface area contributed by atoms with E-state index in [0.717, 1.165) is 5.76 Å². The summed E-state index contributed by atoms with van der Waals surface area (Å²) < 4.78 is 45.1. The Bertz CT molecular complexity index is 714. The average Bonchev–Trinajstić information content (AvgIpc) is 2.92. The number of sulfonamides is 1. The third-order valence-corrected chi connectivity index (χ3v) is 6.81. The van der Waals surface area contributed by atoms with Gasteiger partial charge in [0.15, 0.2) is 0 Å². The lowest BCUT2D eigenvalue weighted by molar-refractivity contribution is 0.417. The first kappa shape index (κ1) is 15.6. The molecule has 2 aromatic rings. The van der Waals surface area contributed by atoms with Crippen molar-refractivity contribution in [1.29, 1.82) is 0 Å². The second-order valence-electron chi connectivity index (χ2n) is 5.02. The molecule has 0 aliphatic carbocycles. The van der Waals surface area contributed by atoms with Gasteiger partial charge in [0.2, 0.25) is 10.0 Å². The Labute approximate surface area is 133 Å². The van der Waals surface area contributed by atoms with Crippen molar-refractivity contribution in [3.05, 3.63) is 54.2 Å². The van der Waals surface area contributed by atoms with Gasteiger partial charge in [-0.05, 0) is 42.8 Å². The summed E-state index contributed by atoms with van der Waals surface area (Å²) in [4.78, 5) is 0.135. The summed E-state index contributed by atoms with van der Waals surface area (Å²) in [5, 5.41) is 0.170. The zero-order valence-electron chi connectivity index (χ0n) is 11.8. The Balaban J connectivity index is 1.76. The predicted octanol–water partition coefficient (Wildman–Crippen LogP) is 3.29. The molecule has 7 heteroatoms. The molecule has 1 aliphatic heterocycles. The fraction of sp³-hybridized carbons (Fsp3) is 0.333. The summed E-state index contributed by atoms with van der Waals surface area (Å²) in [7, 11) is -3.57. The van der Waals surface area contributed by atoms with Gasteiger partial charge in [-0.2, -0.15) is 4.31 Å². The summed E-state index contributed by atoms with van der Waals surface area (Å²) >= 11 is 1.70. The van der Waals surface area contributed by atoms with E-state index in [1.165, 1.54) is 28.6 Å². The summed E-state index contributed by atoms with van der Waals surface area (Å²) in [6, 6.07) is 8.73. The molecular weight excluding hydrogens is 325 g/mol. The monoisotopic (exact) mass is 341 g/mol. The first-order chi connectivity index (χ1) is 10.6. The van der Waals surface area contributed by atoms with E-state index < -0.39 is 15.8 Å². The molecule has 0 spiro atoms. The number of halogens is 1. The van der Waals surface area contributed by atoms with E-state index in [0.29, 0.717) is 25.3 Å². The zero-order chi connectivity index (χ0) is 15.6. The van der Waals surface area contributed by atoms with Crippen molar-refractivity contribution < 1.29 is 17.2 Å². The van der Waals surface area contributed by atoms with Gasteiger partial charge in [-0.3, -0.25) is 0 Å². The minimum atomic E-state index is -3.57. The van der Waals surface area contributed by atoms with E-state index in [-0.39, 0.29) is 10.1 Å². The van der Waals surface area contributed by atoms with E-state index in [2.05, 4.69) is 0 Å². The van der Waals surface area contributed by atoms with Crippen molar-refractivity contribution in [1.82, 2.24) is 4.31 Å². The molecule has 22 heavy (non-hydrogen) atoms. The van der Waals surface area contributed by atoms with Crippen LogP contribution in [-0.4, -0.2) is 31.6 Å². The fourth-order valence-corrected chi connectivity index (χ4v) is 5.20. The molecule has 1 atom stereocenters. The lowest BCUT2D eigenvalue weighted by Gasteiger charge is -2.19. The number of hydrogen-bond acceptors (Lipinski definition) is 4. The molecule has 1 aliphatic rings. The molecule has 0 saturated carbocycles. The van der Waals surface area contributed by atoms with Crippen molar-refractivity contribution in [3.63, 3.8) is 0 Å². The number of benzene rings is 1. The molecule has 1 aromatic carbocycles. The predicted molar refractivity (Wildman–Crippen MR) is 83.7 cm³/mol. The van der Waals surface area contributed by atoms with Crippen LogP contribution in [0.15, 0.2) is 52.0 Å². The minimum Gasteiger partial charge on any atom is -0.468 e. The Morgan fingerprint density at radius 3 is 2.64 bits per heavy atom. The van der Waals surface area contributed by atoms with E-state index in [1.807, 2.05) is 12.1 Å². The highest BCUT2D eigenvalue weighted by Gasteiger charge is 2.29. The van der Waals surface area contributed by atoms with Gasteiger partial charge in [-0.15, -0.1) is 11.8 Å². The van der Waals surface area contributed by atoms with Crippen LogP contribution in [0, 0.1) is 5.82 Å². The highest BCUT2D eigenvalue weighted by molar-refractivity contribution is 7.99. The van der Waals surface area contributed by atoms with Gasteiger partial charge in [0.05, 0.1) is 16.4 Å². The fourth-order valence-electron chi connectivity index (χ4n) is 2.45. The summed E-state index contributed by atoms with van der Waals surface area (Å²) in [6.45, 7) is 0.875. The molecule has 1 unspecified atom stereocenters. The normalized spacial score (nSPS) is 20.7. The molecule has 118 valence electrons. The highest BCUT2D eigenvalue weighted by atomic mass is 32.2. The zero-order valence-corrected chi connectivity index (χ0v) is 13.4. The highest BCUT2D eigenvalue weighted by Crippen LogP contribution is 2.35. The van der Waals surface area contributed by atoms with Crippen LogP contribution in [0.3, 0.4) is 0 Å². The molecule has 3 rings (SSSR count). The van der Waals surface area contributed by atoms with Gasteiger partial charge < -0.3 is 4.42 Å². The van der Waals surface area contributed by atoms with Crippen LogP contribution in [0.25, 0.3) is 0 Å². The topological polar surface area (TPSA) is 50.5 Å². The Hall–Kier alpha value is -1.31. The molecule has 0 bridgehead atoms. The van der Waals surface area contributed by atoms with E-state index >= 15 is 0 Å². The van der Waals surface area contributed by atoms with Crippen molar-refractivity contribution in [2.75, 3.05) is 18.8 Å². The van der Waals surface area contributed by atoms with Gasteiger partial charge in [0.25, 0.3) is 0 Å². The molecule has 0 N–H and O–H groups in total. The largest absolute Gasteiger partial charge is 0.468 e. The standard InChI is InChI=1S/C15H16FNO3S2/c16-12-3-5-13(6-4-12)22(18,19)17-8-7-15(21-11-9-17)14-2-1-10-20-14/h1-6,10,15H,7-9,11H2. The second kappa shape index (κ2) is 6.44. The molecule has 1 aromatic heterocycles. The maximum absolute atomic E-state index is 13.0. The van der Waals surface area contributed by atoms with Gasteiger partial charge in [-0.25, -0.2) is 12.8 Å². The van der Waals surface area contributed by atoms with Crippen LogP contribution >= 0.6 is 11.8 Å². The smallest absolute Gasteiger partial charge is 0.243 e.